The van der Waals surface area contributed by atoms with Crippen LogP contribution in [0.3, 0.4) is 0 Å². The third-order valence-corrected chi connectivity index (χ3v) is 1.47. The van der Waals surface area contributed by atoms with Gasteiger partial charge in [-0.2, -0.15) is 0 Å². The fraction of sp³-hybridized carbons (Fsp3) is 0.250. The number of pyridine rings is 1. The lowest BCUT2D eigenvalue weighted by Crippen LogP contribution is -2.11. The van der Waals surface area contributed by atoms with Crippen LogP contribution in [-0.2, 0) is 11.2 Å². The Morgan fingerprint density at radius 2 is 2.42 bits per heavy atom. The smallest absolute Gasteiger partial charge is 0.217 e. The highest BCUT2D eigenvalue weighted by Gasteiger charge is 2.02. The van der Waals surface area contributed by atoms with E-state index in [9.17, 15) is 9.90 Å². The maximum atomic E-state index is 10.4. The van der Waals surface area contributed by atoms with Crippen LogP contribution < -0.4 is 5.73 Å². The van der Waals surface area contributed by atoms with E-state index in [2.05, 4.69) is 4.98 Å². The summed E-state index contributed by atoms with van der Waals surface area (Å²) in [4.78, 5) is 14.3. The summed E-state index contributed by atoms with van der Waals surface area (Å²) in [5, 5.41) is 9.21. The van der Waals surface area contributed by atoms with E-state index < -0.39 is 0 Å². The van der Waals surface area contributed by atoms with Gasteiger partial charge in [0.2, 0.25) is 5.91 Å². The molecule has 1 heterocycles. The molecule has 0 unspecified atom stereocenters. The van der Waals surface area contributed by atoms with Crippen LogP contribution in [0.25, 0.3) is 0 Å². The third kappa shape index (κ3) is 2.23. The third-order valence-electron chi connectivity index (χ3n) is 1.47. The predicted molar refractivity (Wildman–Crippen MR) is 43.4 cm³/mol. The highest BCUT2D eigenvalue weighted by atomic mass is 16.3. The molecule has 4 nitrogen and oxygen atoms in total. The van der Waals surface area contributed by atoms with Gasteiger partial charge in [-0.05, 0) is 12.1 Å². The zero-order valence-electron chi connectivity index (χ0n) is 6.53. The van der Waals surface area contributed by atoms with Crippen LogP contribution in [0.15, 0.2) is 18.3 Å². The van der Waals surface area contributed by atoms with Gasteiger partial charge in [-0.15, -0.1) is 0 Å². The number of carbonyl (C=O) groups is 1. The maximum Gasteiger partial charge on any atom is 0.217 e. The second kappa shape index (κ2) is 3.71. The molecule has 0 saturated heterocycles. The van der Waals surface area contributed by atoms with E-state index >= 15 is 0 Å². The van der Waals surface area contributed by atoms with Crippen molar-refractivity contribution in [2.24, 2.45) is 5.73 Å². The van der Waals surface area contributed by atoms with Gasteiger partial charge in [0.25, 0.3) is 0 Å². The van der Waals surface area contributed by atoms with Gasteiger partial charge in [0.15, 0.2) is 0 Å². The number of nitrogens with two attached hydrogens (primary N) is 1. The number of amides is 1. The number of aryl methyl sites for hydroxylation is 1. The minimum atomic E-state index is -0.389. The summed E-state index contributed by atoms with van der Waals surface area (Å²) < 4.78 is 0. The highest BCUT2D eigenvalue weighted by Crippen LogP contribution is 2.13. The number of aromatic hydroxyl groups is 1. The average Bonchev–Trinajstić information content (AvgIpc) is 2.03. The van der Waals surface area contributed by atoms with Gasteiger partial charge in [0.1, 0.15) is 5.75 Å². The van der Waals surface area contributed by atoms with Crippen molar-refractivity contribution in [2.75, 3.05) is 0 Å². The summed E-state index contributed by atoms with van der Waals surface area (Å²) >= 11 is 0. The van der Waals surface area contributed by atoms with Crippen LogP contribution in [0, 0.1) is 0 Å². The molecule has 1 rings (SSSR count). The number of hydrogen-bond donors (Lipinski definition) is 2. The van der Waals surface area contributed by atoms with Crippen molar-refractivity contribution in [3.05, 3.63) is 24.0 Å². The number of aromatic nitrogens is 1. The molecule has 0 spiro atoms. The van der Waals surface area contributed by atoms with Crippen LogP contribution in [-0.4, -0.2) is 16.0 Å². The van der Waals surface area contributed by atoms with Gasteiger partial charge in [-0.25, -0.2) is 0 Å². The number of nitrogens with zero attached hydrogens (tertiary/aromatic N) is 1. The van der Waals surface area contributed by atoms with Crippen LogP contribution >= 0.6 is 0 Å². The van der Waals surface area contributed by atoms with E-state index in [1.165, 1.54) is 6.07 Å². The fourth-order valence-electron chi connectivity index (χ4n) is 0.864. The first-order valence-electron chi connectivity index (χ1n) is 3.61. The lowest BCUT2D eigenvalue weighted by Gasteiger charge is -1.99. The Morgan fingerprint density at radius 3 is 3.00 bits per heavy atom. The molecule has 12 heavy (non-hydrogen) atoms. The standard InChI is InChI=1S/C8H10N2O2/c9-8(12)4-3-6-7(11)2-1-5-10-6/h1-2,5,11H,3-4H2,(H2,9,12). The molecule has 0 saturated carbocycles. The van der Waals surface area contributed by atoms with Gasteiger partial charge < -0.3 is 10.8 Å². The Labute approximate surface area is 70.0 Å². The van der Waals surface area contributed by atoms with Crippen LogP contribution in [0.5, 0.6) is 5.75 Å². The molecular formula is C8H10N2O2. The van der Waals surface area contributed by atoms with E-state index in [0.29, 0.717) is 12.1 Å². The van der Waals surface area contributed by atoms with E-state index in [1.54, 1.807) is 12.3 Å². The average molecular weight is 166 g/mol. The predicted octanol–water partition coefficient (Wildman–Crippen LogP) is 0.205. The summed E-state index contributed by atoms with van der Waals surface area (Å²) in [6.07, 6.45) is 2.17. The molecule has 0 fully saturated rings. The molecule has 4 heteroatoms. The summed E-state index contributed by atoms with van der Waals surface area (Å²) in [5.74, 6) is -0.279. The first kappa shape index (κ1) is 8.52. The first-order chi connectivity index (χ1) is 5.70. The summed E-state index contributed by atoms with van der Waals surface area (Å²) in [6.45, 7) is 0. The molecule has 1 aromatic rings. The zero-order valence-corrected chi connectivity index (χ0v) is 6.53. The molecule has 0 atom stereocenters. The van der Waals surface area contributed by atoms with Crippen molar-refractivity contribution in [1.29, 1.82) is 0 Å². The topological polar surface area (TPSA) is 76.2 Å². The molecule has 0 aromatic carbocycles. The van der Waals surface area contributed by atoms with E-state index in [-0.39, 0.29) is 18.1 Å². The molecular weight excluding hydrogens is 156 g/mol. The fourth-order valence-corrected chi connectivity index (χ4v) is 0.864. The van der Waals surface area contributed by atoms with Gasteiger partial charge in [0.05, 0.1) is 5.69 Å². The molecule has 1 amide bonds. The second-order valence-electron chi connectivity index (χ2n) is 2.44. The SMILES string of the molecule is NC(=O)CCc1ncccc1O. The number of carbonyl (C=O) groups excluding carboxylic acids is 1. The van der Waals surface area contributed by atoms with Crippen molar-refractivity contribution < 1.29 is 9.90 Å². The Morgan fingerprint density at radius 1 is 1.67 bits per heavy atom. The Kier molecular flexibility index (Phi) is 2.63. The van der Waals surface area contributed by atoms with Crippen molar-refractivity contribution in [3.8, 4) is 5.75 Å². The Balaban J connectivity index is 2.63. The lowest BCUT2D eigenvalue weighted by atomic mass is 10.2. The largest absolute Gasteiger partial charge is 0.506 e. The summed E-state index contributed by atoms with van der Waals surface area (Å²) in [7, 11) is 0. The van der Waals surface area contributed by atoms with Crippen molar-refractivity contribution in [1.82, 2.24) is 4.98 Å². The molecule has 1 aromatic heterocycles. The molecule has 0 radical (unpaired) electrons. The van der Waals surface area contributed by atoms with Gasteiger partial charge in [-0.1, -0.05) is 0 Å². The summed E-state index contributed by atoms with van der Waals surface area (Å²) in [5.41, 5.74) is 5.45. The number of hydrogen-bond acceptors (Lipinski definition) is 3. The maximum absolute atomic E-state index is 10.4. The first-order valence-corrected chi connectivity index (χ1v) is 3.61. The van der Waals surface area contributed by atoms with Crippen molar-refractivity contribution >= 4 is 5.91 Å². The molecule has 64 valence electrons. The van der Waals surface area contributed by atoms with E-state index in [1.807, 2.05) is 0 Å². The van der Waals surface area contributed by atoms with E-state index in [4.69, 9.17) is 5.73 Å². The van der Waals surface area contributed by atoms with Gasteiger partial charge in [-0.3, -0.25) is 9.78 Å². The quantitative estimate of drug-likeness (QED) is 0.673. The molecule has 0 aliphatic rings. The van der Waals surface area contributed by atoms with Crippen molar-refractivity contribution in [3.63, 3.8) is 0 Å². The Hall–Kier alpha value is -1.58. The van der Waals surface area contributed by atoms with Crippen LogP contribution in [0.2, 0.25) is 0 Å². The number of rotatable bonds is 3. The molecule has 0 bridgehead atoms. The highest BCUT2D eigenvalue weighted by molar-refractivity contribution is 5.74. The molecule has 0 aliphatic heterocycles. The minimum Gasteiger partial charge on any atom is -0.506 e. The number of primary amides is 1. The zero-order chi connectivity index (χ0) is 8.97. The van der Waals surface area contributed by atoms with Crippen LogP contribution in [0.1, 0.15) is 12.1 Å². The summed E-state index contributed by atoms with van der Waals surface area (Å²) in [6, 6.07) is 3.16. The normalized spacial score (nSPS) is 9.67. The van der Waals surface area contributed by atoms with E-state index in [0.717, 1.165) is 0 Å². The van der Waals surface area contributed by atoms with Gasteiger partial charge >= 0.3 is 0 Å². The lowest BCUT2D eigenvalue weighted by molar-refractivity contribution is -0.118. The van der Waals surface area contributed by atoms with Gasteiger partial charge in [0, 0.05) is 19.0 Å². The monoisotopic (exact) mass is 166 g/mol. The second-order valence-corrected chi connectivity index (χ2v) is 2.44. The Bertz CT molecular complexity index is 286. The van der Waals surface area contributed by atoms with Crippen LogP contribution in [0.4, 0.5) is 0 Å². The van der Waals surface area contributed by atoms with Crippen molar-refractivity contribution in [2.45, 2.75) is 12.8 Å². The molecule has 3 N–H and O–H groups in total. The minimum absolute atomic E-state index is 0.110. The molecule has 0 aliphatic carbocycles.